The van der Waals surface area contributed by atoms with Crippen LogP contribution >= 0.6 is 0 Å². The number of carbonyl (C=O) groups is 1. The number of rotatable bonds is 5. The van der Waals surface area contributed by atoms with Gasteiger partial charge in [0.2, 0.25) is 5.95 Å². The first-order valence-corrected chi connectivity index (χ1v) is 3.97. The van der Waals surface area contributed by atoms with Crippen LogP contribution in [-0.4, -0.2) is 37.3 Å². The highest BCUT2D eigenvalue weighted by Crippen LogP contribution is 2.03. The Kier molecular flexibility index (Phi) is 3.16. The van der Waals surface area contributed by atoms with Crippen molar-refractivity contribution in [3.8, 4) is 0 Å². The maximum absolute atomic E-state index is 10.7. The Morgan fingerprint density at radius 1 is 1.86 bits per heavy atom. The first-order chi connectivity index (χ1) is 6.65. The lowest BCUT2D eigenvalue weighted by Crippen LogP contribution is -2.29. The predicted octanol–water partition coefficient (Wildman–Crippen LogP) is -0.349. The fourth-order valence-corrected chi connectivity index (χ4v) is 0.896. The predicted molar refractivity (Wildman–Crippen MR) is 48.7 cm³/mol. The Balaban J connectivity index is 2.69. The van der Waals surface area contributed by atoms with Crippen LogP contribution in [0.2, 0.25) is 0 Å². The summed E-state index contributed by atoms with van der Waals surface area (Å²) in [6.45, 7) is 3.47. The van der Waals surface area contributed by atoms with Gasteiger partial charge >= 0.3 is 5.97 Å². The van der Waals surface area contributed by atoms with E-state index in [1.165, 1.54) is 10.8 Å². The molecular weight excluding hydrogens is 186 g/mol. The van der Waals surface area contributed by atoms with Crippen LogP contribution in [0.3, 0.4) is 0 Å². The van der Waals surface area contributed by atoms with Crippen molar-refractivity contribution >= 4 is 11.9 Å². The highest BCUT2D eigenvalue weighted by Gasteiger charge is 2.17. The van der Waals surface area contributed by atoms with E-state index in [0.717, 1.165) is 0 Å². The Labute approximate surface area is 80.4 Å². The summed E-state index contributed by atoms with van der Waals surface area (Å²) >= 11 is 0. The fourth-order valence-electron chi connectivity index (χ4n) is 0.896. The minimum Gasteiger partial charge on any atom is -0.480 e. The van der Waals surface area contributed by atoms with E-state index in [2.05, 4.69) is 27.4 Å². The lowest BCUT2D eigenvalue weighted by atomic mass is 10.2. The summed E-state index contributed by atoms with van der Waals surface area (Å²) in [5, 5.41) is 22.0. The summed E-state index contributed by atoms with van der Waals surface area (Å²) in [6, 6.07) is -0.753. The number of anilines is 1. The molecule has 14 heavy (non-hydrogen) atoms. The second kappa shape index (κ2) is 4.35. The van der Waals surface area contributed by atoms with E-state index in [4.69, 9.17) is 5.11 Å². The summed E-state index contributed by atoms with van der Waals surface area (Å²) in [4.78, 5) is 10.7. The van der Waals surface area contributed by atoms with E-state index >= 15 is 0 Å². The molecule has 1 aromatic rings. The van der Waals surface area contributed by atoms with E-state index in [0.29, 0.717) is 12.4 Å². The van der Waals surface area contributed by atoms with E-state index < -0.39 is 12.0 Å². The maximum atomic E-state index is 10.7. The van der Waals surface area contributed by atoms with Gasteiger partial charge in [-0.05, 0) is 16.8 Å². The highest BCUT2D eigenvalue weighted by molar-refractivity contribution is 5.76. The zero-order chi connectivity index (χ0) is 10.6. The molecule has 1 atom stereocenters. The van der Waals surface area contributed by atoms with Gasteiger partial charge in [-0.15, -0.1) is 6.58 Å². The van der Waals surface area contributed by atoms with Crippen LogP contribution in [0.5, 0.6) is 0 Å². The molecule has 1 aromatic heterocycles. The largest absolute Gasteiger partial charge is 0.480 e. The number of tetrazole rings is 1. The zero-order valence-electron chi connectivity index (χ0n) is 7.71. The lowest BCUT2D eigenvalue weighted by molar-refractivity contribution is -0.137. The average Bonchev–Trinajstić information content (AvgIpc) is 2.51. The third kappa shape index (κ3) is 2.28. The first kappa shape index (κ1) is 10.2. The van der Waals surface area contributed by atoms with Crippen LogP contribution in [0.25, 0.3) is 0 Å². The van der Waals surface area contributed by atoms with Gasteiger partial charge in [-0.1, -0.05) is 11.2 Å². The van der Waals surface area contributed by atoms with E-state index in [-0.39, 0.29) is 0 Å². The number of aromatic nitrogens is 4. The summed E-state index contributed by atoms with van der Waals surface area (Å²) in [7, 11) is 1.62. The van der Waals surface area contributed by atoms with Crippen molar-refractivity contribution in [3.63, 3.8) is 0 Å². The average molecular weight is 197 g/mol. The standard InChI is InChI=1S/C7H11N5O2/c1-3-4-5(6(13)14)8-7-9-10-11-12(7)2/h3,5H,1,4H2,2H3,(H,13,14)(H,8,9,11). The molecule has 0 saturated heterocycles. The number of hydrogen-bond donors (Lipinski definition) is 2. The Bertz CT molecular complexity index is 335. The smallest absolute Gasteiger partial charge is 0.326 e. The quantitative estimate of drug-likeness (QED) is 0.627. The lowest BCUT2D eigenvalue weighted by Gasteiger charge is -2.11. The third-order valence-corrected chi connectivity index (χ3v) is 1.62. The minimum atomic E-state index is -0.965. The van der Waals surface area contributed by atoms with Crippen molar-refractivity contribution in [1.29, 1.82) is 0 Å². The molecule has 0 saturated carbocycles. The van der Waals surface area contributed by atoms with E-state index in [1.54, 1.807) is 7.05 Å². The molecule has 0 bridgehead atoms. The molecule has 0 radical (unpaired) electrons. The van der Waals surface area contributed by atoms with Crippen molar-refractivity contribution < 1.29 is 9.90 Å². The van der Waals surface area contributed by atoms with E-state index in [1.807, 2.05) is 0 Å². The monoisotopic (exact) mass is 197 g/mol. The second-order valence-electron chi connectivity index (χ2n) is 2.69. The van der Waals surface area contributed by atoms with Gasteiger partial charge in [0.05, 0.1) is 0 Å². The fraction of sp³-hybridized carbons (Fsp3) is 0.429. The molecule has 1 heterocycles. The molecule has 0 aliphatic heterocycles. The number of aryl methyl sites for hydroxylation is 1. The molecule has 7 heteroatoms. The van der Waals surface area contributed by atoms with Crippen LogP contribution in [0, 0.1) is 0 Å². The van der Waals surface area contributed by atoms with Crippen LogP contribution < -0.4 is 5.32 Å². The molecule has 0 spiro atoms. The van der Waals surface area contributed by atoms with Crippen molar-refractivity contribution in [1.82, 2.24) is 20.2 Å². The van der Waals surface area contributed by atoms with Crippen molar-refractivity contribution in [2.24, 2.45) is 7.05 Å². The molecule has 7 nitrogen and oxygen atoms in total. The number of carboxylic acid groups (broad SMARTS) is 1. The Morgan fingerprint density at radius 2 is 2.57 bits per heavy atom. The van der Waals surface area contributed by atoms with Crippen LogP contribution in [-0.2, 0) is 11.8 Å². The third-order valence-electron chi connectivity index (χ3n) is 1.62. The molecule has 0 aliphatic rings. The molecule has 2 N–H and O–H groups in total. The van der Waals surface area contributed by atoms with Gasteiger partial charge in [-0.2, -0.15) is 0 Å². The van der Waals surface area contributed by atoms with Gasteiger partial charge < -0.3 is 10.4 Å². The molecule has 76 valence electrons. The number of nitrogens with zero attached hydrogens (tertiary/aromatic N) is 4. The zero-order valence-corrected chi connectivity index (χ0v) is 7.71. The van der Waals surface area contributed by atoms with E-state index in [9.17, 15) is 4.79 Å². The molecule has 0 amide bonds. The van der Waals surface area contributed by atoms with Crippen molar-refractivity contribution in [3.05, 3.63) is 12.7 Å². The Morgan fingerprint density at radius 3 is 3.00 bits per heavy atom. The summed E-state index contributed by atoms with van der Waals surface area (Å²) < 4.78 is 1.36. The van der Waals surface area contributed by atoms with Crippen LogP contribution in [0.4, 0.5) is 5.95 Å². The van der Waals surface area contributed by atoms with Gasteiger partial charge in [-0.25, -0.2) is 9.48 Å². The van der Waals surface area contributed by atoms with Gasteiger partial charge in [0.1, 0.15) is 6.04 Å². The normalized spacial score (nSPS) is 12.1. The second-order valence-corrected chi connectivity index (χ2v) is 2.69. The van der Waals surface area contributed by atoms with Gasteiger partial charge in [0, 0.05) is 7.05 Å². The SMILES string of the molecule is C=CCC(Nc1nnnn1C)C(=O)O. The van der Waals surface area contributed by atoms with Crippen LogP contribution in [0.15, 0.2) is 12.7 Å². The van der Waals surface area contributed by atoms with Crippen LogP contribution in [0.1, 0.15) is 6.42 Å². The number of aliphatic carboxylic acids is 1. The number of nitrogens with one attached hydrogen (secondary N) is 1. The number of hydrogen-bond acceptors (Lipinski definition) is 5. The Hall–Kier alpha value is -1.92. The van der Waals surface area contributed by atoms with Crippen molar-refractivity contribution in [2.75, 3.05) is 5.32 Å². The number of carboxylic acids is 1. The van der Waals surface area contributed by atoms with Gasteiger partial charge in [0.25, 0.3) is 0 Å². The maximum Gasteiger partial charge on any atom is 0.326 e. The summed E-state index contributed by atoms with van der Waals surface area (Å²) in [6.07, 6.45) is 1.83. The molecule has 1 rings (SSSR count). The highest BCUT2D eigenvalue weighted by atomic mass is 16.4. The first-order valence-electron chi connectivity index (χ1n) is 3.97. The van der Waals surface area contributed by atoms with Gasteiger partial charge in [0.15, 0.2) is 0 Å². The molecule has 0 aromatic carbocycles. The topological polar surface area (TPSA) is 92.9 Å². The minimum absolute atomic E-state index is 0.308. The molecule has 0 fully saturated rings. The van der Waals surface area contributed by atoms with Crippen molar-refractivity contribution in [2.45, 2.75) is 12.5 Å². The molecular formula is C7H11N5O2. The summed E-state index contributed by atoms with van der Waals surface area (Å²) in [5.41, 5.74) is 0. The van der Waals surface area contributed by atoms with Gasteiger partial charge in [-0.3, -0.25) is 0 Å². The molecule has 0 aliphatic carbocycles. The summed E-state index contributed by atoms with van der Waals surface area (Å²) in [5.74, 6) is -0.646. The molecule has 1 unspecified atom stereocenters.